The molecule has 10 heteroatoms. The van der Waals surface area contributed by atoms with Crippen LogP contribution in [0.15, 0.2) is 84.9 Å². The lowest BCUT2D eigenvalue weighted by Crippen LogP contribution is -2.35. The molecule has 0 spiro atoms. The van der Waals surface area contributed by atoms with Gasteiger partial charge in [-0.1, -0.05) is 96.6 Å². The van der Waals surface area contributed by atoms with Gasteiger partial charge in [-0.05, 0) is 96.4 Å². The van der Waals surface area contributed by atoms with E-state index in [1.165, 1.54) is 50.7 Å². The zero-order valence-electron chi connectivity index (χ0n) is 30.6. The number of esters is 3. The Labute approximate surface area is 309 Å². The molecule has 1 unspecified atom stereocenters. The standard InChI is InChI=1S/C43H49F3O7/c1-3-5-7-9-10-11-12-14-28-50-36-23-18-31(19-24-36)40(47)52-38-27-22-33-29-35(17-16-34(33)30-38)41(48)51-37-25-20-32(21-26-37)42(49)53-43(45,46)39(44)15-13-8-6-4-2/h16-27,29-30,39H,3-15,28H2,1-2H3. The first-order valence-electron chi connectivity index (χ1n) is 18.7. The number of unbranched alkanes of at least 4 members (excludes halogenated alkanes) is 10. The van der Waals surface area contributed by atoms with Crippen LogP contribution in [0.1, 0.15) is 128 Å². The molecule has 0 fully saturated rings. The van der Waals surface area contributed by atoms with Crippen LogP contribution in [0.3, 0.4) is 0 Å². The molecule has 1 atom stereocenters. The second kappa shape index (κ2) is 21.0. The van der Waals surface area contributed by atoms with Gasteiger partial charge in [0.25, 0.3) is 0 Å². The lowest BCUT2D eigenvalue weighted by atomic mass is 10.1. The summed E-state index contributed by atoms with van der Waals surface area (Å²) in [5, 5.41) is 1.40. The van der Waals surface area contributed by atoms with Gasteiger partial charge in [-0.3, -0.25) is 0 Å². The lowest BCUT2D eigenvalue weighted by molar-refractivity contribution is -0.240. The summed E-state index contributed by atoms with van der Waals surface area (Å²) in [5.74, 6) is -1.52. The van der Waals surface area contributed by atoms with Crippen molar-refractivity contribution < 1.29 is 46.5 Å². The van der Waals surface area contributed by atoms with E-state index in [1.54, 1.807) is 60.7 Å². The molecule has 4 rings (SSSR count). The predicted molar refractivity (Wildman–Crippen MR) is 199 cm³/mol. The summed E-state index contributed by atoms with van der Waals surface area (Å²) in [7, 11) is 0. The first kappa shape index (κ1) is 40.9. The SMILES string of the molecule is CCCCCCCCCCOc1ccc(C(=O)Oc2ccc3cc(C(=O)Oc4ccc(C(=O)OC(F)(F)C(F)CCCCCC)cc4)ccc3c2)cc1. The number of hydrogen-bond acceptors (Lipinski definition) is 7. The quantitative estimate of drug-likeness (QED) is 0.0451. The van der Waals surface area contributed by atoms with Gasteiger partial charge in [0.2, 0.25) is 6.17 Å². The van der Waals surface area contributed by atoms with Gasteiger partial charge in [0.1, 0.15) is 17.2 Å². The van der Waals surface area contributed by atoms with Crippen molar-refractivity contribution in [3.8, 4) is 17.2 Å². The Morgan fingerprint density at radius 1 is 0.547 bits per heavy atom. The number of carbonyl (C=O) groups is 3. The fraction of sp³-hybridized carbons (Fsp3) is 0.419. The number of ether oxygens (including phenoxy) is 4. The minimum atomic E-state index is -4.26. The number of rotatable bonds is 22. The highest BCUT2D eigenvalue weighted by molar-refractivity contribution is 5.97. The summed E-state index contributed by atoms with van der Waals surface area (Å²) in [5.41, 5.74) is 0.357. The number of hydrogen-bond donors (Lipinski definition) is 0. The first-order chi connectivity index (χ1) is 25.6. The zero-order chi connectivity index (χ0) is 38.1. The summed E-state index contributed by atoms with van der Waals surface area (Å²) in [4.78, 5) is 37.9. The predicted octanol–water partition coefficient (Wildman–Crippen LogP) is 11.9. The van der Waals surface area contributed by atoms with Crippen molar-refractivity contribution in [3.05, 3.63) is 102 Å². The molecule has 0 aliphatic rings. The number of halogens is 3. The molecule has 0 bridgehead atoms. The molecule has 0 heterocycles. The van der Waals surface area contributed by atoms with Crippen LogP contribution in [-0.4, -0.2) is 36.8 Å². The van der Waals surface area contributed by atoms with Crippen molar-refractivity contribution in [1.82, 2.24) is 0 Å². The molecule has 0 radical (unpaired) electrons. The molecule has 0 saturated heterocycles. The molecule has 53 heavy (non-hydrogen) atoms. The van der Waals surface area contributed by atoms with Crippen LogP contribution < -0.4 is 14.2 Å². The number of fused-ring (bicyclic) bond motifs is 1. The monoisotopic (exact) mass is 734 g/mol. The van der Waals surface area contributed by atoms with Gasteiger partial charge in [0, 0.05) is 0 Å². The number of benzene rings is 4. The van der Waals surface area contributed by atoms with Gasteiger partial charge in [-0.15, -0.1) is 0 Å². The second-order valence-electron chi connectivity index (χ2n) is 13.1. The normalized spacial score (nSPS) is 11.9. The van der Waals surface area contributed by atoms with Gasteiger partial charge < -0.3 is 18.9 Å². The third-order valence-corrected chi connectivity index (χ3v) is 8.82. The van der Waals surface area contributed by atoms with Crippen LogP contribution in [0, 0.1) is 0 Å². The molecule has 284 valence electrons. The Morgan fingerprint density at radius 2 is 1.02 bits per heavy atom. The largest absolute Gasteiger partial charge is 0.494 e. The maximum atomic E-state index is 14.1. The van der Waals surface area contributed by atoms with Crippen LogP contribution in [0.5, 0.6) is 17.2 Å². The molecule has 0 aliphatic heterocycles. The van der Waals surface area contributed by atoms with Crippen molar-refractivity contribution in [1.29, 1.82) is 0 Å². The van der Waals surface area contributed by atoms with E-state index in [-0.39, 0.29) is 23.3 Å². The van der Waals surface area contributed by atoms with E-state index in [0.29, 0.717) is 40.9 Å². The molecular weight excluding hydrogens is 685 g/mol. The van der Waals surface area contributed by atoms with Gasteiger partial charge >= 0.3 is 24.0 Å². The van der Waals surface area contributed by atoms with E-state index in [2.05, 4.69) is 11.7 Å². The summed E-state index contributed by atoms with van der Waals surface area (Å²) in [6.07, 6.45) is 5.09. The van der Waals surface area contributed by atoms with Crippen molar-refractivity contribution in [2.75, 3.05) is 6.61 Å². The fourth-order valence-corrected chi connectivity index (χ4v) is 5.68. The third-order valence-electron chi connectivity index (χ3n) is 8.82. The second-order valence-corrected chi connectivity index (χ2v) is 13.1. The highest BCUT2D eigenvalue weighted by Gasteiger charge is 2.44. The van der Waals surface area contributed by atoms with E-state index < -0.39 is 36.6 Å². The summed E-state index contributed by atoms with van der Waals surface area (Å²) in [6.45, 7) is 4.81. The zero-order valence-corrected chi connectivity index (χ0v) is 30.6. The highest BCUT2D eigenvalue weighted by Crippen LogP contribution is 2.29. The van der Waals surface area contributed by atoms with E-state index in [4.69, 9.17) is 14.2 Å². The molecule has 0 N–H and O–H groups in total. The van der Waals surface area contributed by atoms with Crippen molar-refractivity contribution in [3.63, 3.8) is 0 Å². The topological polar surface area (TPSA) is 88.1 Å². The average Bonchev–Trinajstić information content (AvgIpc) is 3.15. The van der Waals surface area contributed by atoms with Gasteiger partial charge in [0.05, 0.1) is 23.3 Å². The third kappa shape index (κ3) is 13.3. The van der Waals surface area contributed by atoms with E-state index in [9.17, 15) is 27.6 Å². The van der Waals surface area contributed by atoms with Crippen LogP contribution in [0.25, 0.3) is 10.8 Å². The van der Waals surface area contributed by atoms with Crippen LogP contribution in [-0.2, 0) is 4.74 Å². The van der Waals surface area contributed by atoms with E-state index >= 15 is 0 Å². The van der Waals surface area contributed by atoms with Crippen LogP contribution in [0.2, 0.25) is 0 Å². The Kier molecular flexibility index (Phi) is 16.2. The Bertz CT molecular complexity index is 1760. The van der Waals surface area contributed by atoms with E-state index in [1.807, 2.05) is 6.92 Å². The summed E-state index contributed by atoms with van der Waals surface area (Å²) >= 11 is 0. The fourth-order valence-electron chi connectivity index (χ4n) is 5.68. The van der Waals surface area contributed by atoms with Crippen molar-refractivity contribution in [2.45, 2.75) is 110 Å². The molecular formula is C43H49F3O7. The molecule has 7 nitrogen and oxygen atoms in total. The molecule has 0 aliphatic carbocycles. The molecule has 4 aromatic rings. The molecule has 0 aromatic heterocycles. The maximum absolute atomic E-state index is 14.1. The molecule has 0 amide bonds. The van der Waals surface area contributed by atoms with Crippen LogP contribution in [0.4, 0.5) is 13.2 Å². The number of alkyl halides is 3. The average molecular weight is 735 g/mol. The molecule has 0 saturated carbocycles. The lowest BCUT2D eigenvalue weighted by Gasteiger charge is -2.20. The minimum absolute atomic E-state index is 0.0584. The minimum Gasteiger partial charge on any atom is -0.494 e. The van der Waals surface area contributed by atoms with Crippen molar-refractivity contribution in [2.24, 2.45) is 0 Å². The Morgan fingerprint density at radius 3 is 1.68 bits per heavy atom. The van der Waals surface area contributed by atoms with Gasteiger partial charge in [0.15, 0.2) is 0 Å². The highest BCUT2D eigenvalue weighted by atomic mass is 19.3. The maximum Gasteiger partial charge on any atom is 0.432 e. The van der Waals surface area contributed by atoms with Gasteiger partial charge in [-0.2, -0.15) is 8.78 Å². The summed E-state index contributed by atoms with van der Waals surface area (Å²) in [6, 6.07) is 21.5. The molecule has 4 aromatic carbocycles. The van der Waals surface area contributed by atoms with Crippen molar-refractivity contribution >= 4 is 28.7 Å². The smallest absolute Gasteiger partial charge is 0.432 e. The summed E-state index contributed by atoms with van der Waals surface area (Å²) < 4.78 is 63.3. The Balaban J connectivity index is 1.24. The van der Waals surface area contributed by atoms with Gasteiger partial charge in [-0.25, -0.2) is 18.8 Å². The van der Waals surface area contributed by atoms with E-state index in [0.717, 1.165) is 37.8 Å². The first-order valence-corrected chi connectivity index (χ1v) is 18.7. The number of carbonyl (C=O) groups excluding carboxylic acids is 3. The van der Waals surface area contributed by atoms with Crippen LogP contribution >= 0.6 is 0 Å². The Hall–Kier alpha value is -4.86.